The molecule has 3 N–H and O–H groups in total. The van der Waals surface area contributed by atoms with Gasteiger partial charge in [-0.25, -0.2) is 0 Å². The molecule has 0 spiro atoms. The van der Waals surface area contributed by atoms with E-state index in [0.717, 1.165) is 25.7 Å². The van der Waals surface area contributed by atoms with Gasteiger partial charge in [-0.05, 0) is 6.42 Å². The summed E-state index contributed by atoms with van der Waals surface area (Å²) in [4.78, 5) is 0. The monoisotopic (exact) mass is 221 g/mol. The first-order chi connectivity index (χ1) is 5.06. The van der Waals surface area contributed by atoms with Gasteiger partial charge >= 0.3 is 0 Å². The zero-order valence-corrected chi connectivity index (χ0v) is 11.2. The standard InChI is InChI=1S/C7H16O3S.Na.H2O/c1-2-3-4-5-6-7-11(8,9)10;;/h2-7H2,1H3,(H,8,9,10);;1H2. The van der Waals surface area contributed by atoms with E-state index in [9.17, 15) is 8.42 Å². The van der Waals surface area contributed by atoms with Crippen LogP contribution in [0.5, 0.6) is 0 Å². The molecule has 0 atom stereocenters. The molecule has 0 amide bonds. The first kappa shape index (κ1) is 19.4. The topological polar surface area (TPSA) is 85.9 Å². The van der Waals surface area contributed by atoms with Crippen molar-refractivity contribution in [3.8, 4) is 0 Å². The summed E-state index contributed by atoms with van der Waals surface area (Å²) in [5.74, 6) is -0.0866. The van der Waals surface area contributed by atoms with Gasteiger partial charge in [0.25, 0.3) is 10.1 Å². The molecule has 0 heterocycles. The van der Waals surface area contributed by atoms with Crippen LogP contribution >= 0.6 is 0 Å². The molecule has 0 aromatic heterocycles. The molecule has 0 fully saturated rings. The first-order valence-corrected chi connectivity index (χ1v) is 5.62. The molecule has 0 saturated heterocycles. The fraction of sp³-hybridized carbons (Fsp3) is 1.00. The molecule has 6 heteroatoms. The summed E-state index contributed by atoms with van der Waals surface area (Å²) in [6, 6.07) is 0. The van der Waals surface area contributed by atoms with E-state index >= 15 is 0 Å². The van der Waals surface area contributed by atoms with Gasteiger partial charge in [-0.15, -0.1) is 0 Å². The number of hydrogen-bond acceptors (Lipinski definition) is 2. The smallest absolute Gasteiger partial charge is 0.264 e. The third-order valence-electron chi connectivity index (χ3n) is 1.51. The van der Waals surface area contributed by atoms with Crippen LogP contribution in [-0.4, -0.2) is 53.8 Å². The van der Waals surface area contributed by atoms with Crippen molar-refractivity contribution >= 4 is 39.7 Å². The first-order valence-electron chi connectivity index (χ1n) is 4.01. The molecular weight excluding hydrogens is 203 g/mol. The van der Waals surface area contributed by atoms with E-state index in [2.05, 4.69) is 6.92 Å². The molecule has 13 heavy (non-hydrogen) atoms. The van der Waals surface area contributed by atoms with Crippen LogP contribution in [0.4, 0.5) is 0 Å². The van der Waals surface area contributed by atoms with E-state index in [1.54, 1.807) is 0 Å². The summed E-state index contributed by atoms with van der Waals surface area (Å²) in [5, 5.41) is 0. The summed E-state index contributed by atoms with van der Waals surface area (Å²) < 4.78 is 28.8. The summed E-state index contributed by atoms with van der Waals surface area (Å²) >= 11 is 0. The van der Waals surface area contributed by atoms with Gasteiger partial charge in [0.15, 0.2) is 0 Å². The quantitative estimate of drug-likeness (QED) is 0.405. The van der Waals surface area contributed by atoms with Crippen molar-refractivity contribution in [2.75, 3.05) is 5.75 Å². The fourth-order valence-corrected chi connectivity index (χ4v) is 1.46. The van der Waals surface area contributed by atoms with E-state index < -0.39 is 10.1 Å². The molecule has 4 nitrogen and oxygen atoms in total. The van der Waals surface area contributed by atoms with Crippen molar-refractivity contribution in [3.05, 3.63) is 0 Å². The molecule has 0 aliphatic heterocycles. The minimum absolute atomic E-state index is 0. The van der Waals surface area contributed by atoms with Crippen molar-refractivity contribution in [2.45, 2.75) is 39.0 Å². The van der Waals surface area contributed by atoms with Gasteiger partial charge in [0, 0.05) is 29.6 Å². The van der Waals surface area contributed by atoms with Crippen molar-refractivity contribution < 1.29 is 18.4 Å². The van der Waals surface area contributed by atoms with Crippen LogP contribution in [0.3, 0.4) is 0 Å². The Morgan fingerprint density at radius 2 is 1.54 bits per heavy atom. The average molecular weight is 221 g/mol. The van der Waals surface area contributed by atoms with Gasteiger partial charge in [0.05, 0.1) is 5.75 Å². The van der Waals surface area contributed by atoms with E-state index in [1.807, 2.05) is 0 Å². The van der Waals surface area contributed by atoms with Crippen molar-refractivity contribution in [1.29, 1.82) is 0 Å². The third-order valence-corrected chi connectivity index (χ3v) is 2.31. The molecule has 0 unspecified atom stereocenters. The fourth-order valence-electron chi connectivity index (χ4n) is 0.888. The number of hydrogen-bond donors (Lipinski definition) is 1. The van der Waals surface area contributed by atoms with E-state index in [0.29, 0.717) is 6.42 Å². The Morgan fingerprint density at radius 1 is 1.08 bits per heavy atom. The van der Waals surface area contributed by atoms with Crippen LogP contribution in [0.1, 0.15) is 39.0 Å². The minimum Gasteiger partial charge on any atom is -0.412 e. The van der Waals surface area contributed by atoms with Crippen LogP contribution < -0.4 is 0 Å². The van der Waals surface area contributed by atoms with E-state index in [4.69, 9.17) is 4.55 Å². The zero-order chi connectivity index (χ0) is 8.74. The van der Waals surface area contributed by atoms with Crippen LogP contribution in [0, 0.1) is 0 Å². The van der Waals surface area contributed by atoms with Gasteiger partial charge in [0.1, 0.15) is 0 Å². The largest absolute Gasteiger partial charge is 0.412 e. The number of rotatable bonds is 6. The second-order valence-corrected chi connectivity index (χ2v) is 4.27. The van der Waals surface area contributed by atoms with Gasteiger partial charge in [0.2, 0.25) is 0 Å². The molecule has 77 valence electrons. The molecule has 0 saturated carbocycles. The van der Waals surface area contributed by atoms with Crippen LogP contribution in [0.2, 0.25) is 0 Å². The van der Waals surface area contributed by atoms with E-state index in [1.165, 1.54) is 0 Å². The molecule has 1 radical (unpaired) electrons. The maximum absolute atomic E-state index is 10.2. The maximum Gasteiger partial charge on any atom is 0.264 e. The number of unbranched alkanes of at least 4 members (excludes halogenated alkanes) is 4. The molecule has 0 bridgehead atoms. The molecular formula is C7H18NaO4S. The molecule has 0 rings (SSSR count). The minimum atomic E-state index is -3.71. The summed E-state index contributed by atoms with van der Waals surface area (Å²) in [6.07, 6.45) is 4.83. The Kier molecular flexibility index (Phi) is 16.4. The predicted octanol–water partition coefficient (Wildman–Crippen LogP) is 0.639. The molecule has 0 aromatic carbocycles. The summed E-state index contributed by atoms with van der Waals surface area (Å²) in [6.45, 7) is 2.10. The second-order valence-electron chi connectivity index (χ2n) is 2.70. The maximum atomic E-state index is 10.2. The Hall–Kier alpha value is 0.870. The normalized spacial score (nSPS) is 10.0. The Labute approximate surface area is 102 Å². The SMILES string of the molecule is CCCCCCCS(=O)(=O)O.O.[Na]. The molecule has 0 aromatic rings. The van der Waals surface area contributed by atoms with Gasteiger partial charge in [-0.2, -0.15) is 8.42 Å². The predicted molar refractivity (Wildman–Crippen MR) is 54.5 cm³/mol. The van der Waals surface area contributed by atoms with Crippen molar-refractivity contribution in [3.63, 3.8) is 0 Å². The van der Waals surface area contributed by atoms with Crippen LogP contribution in [-0.2, 0) is 10.1 Å². The average Bonchev–Trinajstić information content (AvgIpc) is 1.85. The molecule has 0 aliphatic rings. The second kappa shape index (κ2) is 10.9. The summed E-state index contributed by atoms with van der Waals surface area (Å²) in [7, 11) is -3.71. The van der Waals surface area contributed by atoms with Gasteiger partial charge in [-0.1, -0.05) is 32.6 Å². The summed E-state index contributed by atoms with van der Waals surface area (Å²) in [5.41, 5.74) is 0. The Balaban J connectivity index is -0.000000500. The van der Waals surface area contributed by atoms with Crippen molar-refractivity contribution in [1.82, 2.24) is 0 Å². The third kappa shape index (κ3) is 19.3. The van der Waals surface area contributed by atoms with E-state index in [-0.39, 0.29) is 40.8 Å². The van der Waals surface area contributed by atoms with Crippen molar-refractivity contribution in [2.24, 2.45) is 0 Å². The molecule has 0 aliphatic carbocycles. The van der Waals surface area contributed by atoms with Crippen LogP contribution in [0.15, 0.2) is 0 Å². The zero-order valence-electron chi connectivity index (χ0n) is 8.41. The van der Waals surface area contributed by atoms with Crippen LogP contribution in [0.25, 0.3) is 0 Å². The Morgan fingerprint density at radius 3 is 1.92 bits per heavy atom. The Bertz CT molecular complexity index is 179. The van der Waals surface area contributed by atoms with Gasteiger partial charge < -0.3 is 5.48 Å². The van der Waals surface area contributed by atoms with Gasteiger partial charge in [-0.3, -0.25) is 4.55 Å².